The molecule has 36 heavy (non-hydrogen) atoms. The number of Topliss-reactive ketones (excluding diaryl/α,β-unsaturated/α-hetero) is 2. The minimum absolute atomic E-state index is 0. The Balaban J connectivity index is -0.000000139. The van der Waals surface area contributed by atoms with E-state index in [2.05, 4.69) is 24.3 Å². The number of hydrogen-bond acceptors (Lipinski definition) is 10. The summed E-state index contributed by atoms with van der Waals surface area (Å²) in [5, 5.41) is 0. The standard InChI is InChI=1S/2C10H18O4.C4H8O2.2Zr/c2*1-3-5-7-13-14-10(12)8-9(11)6-4-2;1-3-6-4(2)5;;/h2*3-8H2,1-2H3;3H2,1-2H3;;. The number of rotatable bonds is 17. The zero-order chi connectivity index (χ0) is 26.6. The molecule has 0 aromatic heterocycles. The third-order valence-electron chi connectivity index (χ3n) is 3.55. The topological polar surface area (TPSA) is 132 Å². The minimum Gasteiger partial charge on any atom is -0.466 e. The van der Waals surface area contributed by atoms with Crippen molar-refractivity contribution in [2.24, 2.45) is 0 Å². The largest absolute Gasteiger partial charge is 0.466 e. The van der Waals surface area contributed by atoms with Crippen LogP contribution in [0.1, 0.15) is 106 Å². The zero-order valence-corrected chi connectivity index (χ0v) is 27.7. The molecule has 0 spiro atoms. The second-order valence-corrected chi connectivity index (χ2v) is 7.12. The van der Waals surface area contributed by atoms with Crippen molar-refractivity contribution in [2.75, 3.05) is 19.8 Å². The van der Waals surface area contributed by atoms with Crippen LogP contribution in [0.25, 0.3) is 0 Å². The van der Waals surface area contributed by atoms with Gasteiger partial charge in [-0.2, -0.15) is 9.78 Å². The Morgan fingerprint density at radius 2 is 0.944 bits per heavy atom. The monoisotopic (exact) mass is 672 g/mol. The van der Waals surface area contributed by atoms with Gasteiger partial charge in [0, 0.05) is 72.2 Å². The van der Waals surface area contributed by atoms with Gasteiger partial charge < -0.3 is 4.74 Å². The second kappa shape index (κ2) is 36.6. The molecule has 0 aromatic carbocycles. The normalized spacial score (nSPS) is 8.94. The molecule has 0 aliphatic carbocycles. The molecule has 12 heteroatoms. The van der Waals surface area contributed by atoms with Crippen molar-refractivity contribution in [3.63, 3.8) is 0 Å². The van der Waals surface area contributed by atoms with Crippen LogP contribution in [0.3, 0.4) is 0 Å². The van der Waals surface area contributed by atoms with Crippen molar-refractivity contribution in [3.05, 3.63) is 0 Å². The van der Waals surface area contributed by atoms with Gasteiger partial charge in [-0.15, -0.1) is 0 Å². The van der Waals surface area contributed by atoms with Crippen LogP contribution >= 0.6 is 0 Å². The number of carbonyl (C=O) groups is 5. The van der Waals surface area contributed by atoms with E-state index in [-0.39, 0.29) is 82.8 Å². The maximum absolute atomic E-state index is 11.0. The molecule has 0 saturated carbocycles. The molecule has 0 fully saturated rings. The van der Waals surface area contributed by atoms with Crippen LogP contribution < -0.4 is 0 Å². The number of esters is 1. The van der Waals surface area contributed by atoms with Crippen molar-refractivity contribution in [1.82, 2.24) is 0 Å². The Bertz CT molecular complexity index is 517. The molecule has 0 amide bonds. The van der Waals surface area contributed by atoms with Crippen LogP contribution in [0.2, 0.25) is 0 Å². The average molecular weight is 675 g/mol. The molecule has 208 valence electrons. The molecule has 0 rings (SSSR count). The fourth-order valence-corrected chi connectivity index (χ4v) is 1.94. The van der Waals surface area contributed by atoms with Gasteiger partial charge in [0.05, 0.1) is 19.8 Å². The molecular weight excluding hydrogens is 631 g/mol. The molecule has 0 unspecified atom stereocenters. The maximum Gasteiger partial charge on any atom is 0.349 e. The van der Waals surface area contributed by atoms with E-state index in [1.54, 1.807) is 6.92 Å². The fourth-order valence-electron chi connectivity index (χ4n) is 1.94. The summed E-state index contributed by atoms with van der Waals surface area (Å²) >= 11 is 0. The zero-order valence-electron chi connectivity index (χ0n) is 22.8. The summed E-state index contributed by atoms with van der Waals surface area (Å²) in [4.78, 5) is 71.7. The van der Waals surface area contributed by atoms with Crippen molar-refractivity contribution < 1.29 is 101 Å². The summed E-state index contributed by atoms with van der Waals surface area (Å²) < 4.78 is 4.40. The van der Waals surface area contributed by atoms with Crippen LogP contribution in [0.5, 0.6) is 0 Å². The molecule has 0 aromatic rings. The summed E-state index contributed by atoms with van der Waals surface area (Å²) in [6.07, 6.45) is 5.63. The Hall–Kier alpha value is -0.564. The molecule has 0 aliphatic heterocycles. The second-order valence-electron chi connectivity index (χ2n) is 7.12. The van der Waals surface area contributed by atoms with Crippen LogP contribution in [0.4, 0.5) is 0 Å². The third kappa shape index (κ3) is 43.5. The first-order valence-corrected chi connectivity index (χ1v) is 12.0. The quantitative estimate of drug-likeness (QED) is 0.0709. The Labute approximate surface area is 254 Å². The number of hydrogen-bond donors (Lipinski definition) is 0. The summed E-state index contributed by atoms with van der Waals surface area (Å²) in [7, 11) is 0. The molecule has 10 nitrogen and oxygen atoms in total. The van der Waals surface area contributed by atoms with Crippen molar-refractivity contribution >= 4 is 29.5 Å². The predicted octanol–water partition coefficient (Wildman–Crippen LogP) is 4.61. The summed E-state index contributed by atoms with van der Waals surface area (Å²) in [5.74, 6) is -1.61. The van der Waals surface area contributed by atoms with E-state index >= 15 is 0 Å². The van der Waals surface area contributed by atoms with Crippen LogP contribution in [0, 0.1) is 0 Å². The molecule has 0 N–H and O–H groups in total. The average Bonchev–Trinajstić information content (AvgIpc) is 2.75. The van der Waals surface area contributed by atoms with Gasteiger partial charge in [0.1, 0.15) is 24.4 Å². The van der Waals surface area contributed by atoms with Crippen LogP contribution in [-0.2, 0) is 101 Å². The van der Waals surface area contributed by atoms with E-state index in [0.29, 0.717) is 32.7 Å². The number of carbonyl (C=O) groups excluding carboxylic acids is 5. The van der Waals surface area contributed by atoms with Gasteiger partial charge in [-0.1, -0.05) is 40.5 Å². The predicted molar refractivity (Wildman–Crippen MR) is 125 cm³/mol. The Kier molecular flexibility index (Phi) is 46.1. The van der Waals surface area contributed by atoms with E-state index in [1.165, 1.54) is 6.92 Å². The van der Waals surface area contributed by atoms with Gasteiger partial charge in [-0.25, -0.2) is 9.59 Å². The molecule has 0 heterocycles. The Morgan fingerprint density at radius 3 is 1.17 bits per heavy atom. The first-order chi connectivity index (χ1) is 16.2. The van der Waals surface area contributed by atoms with E-state index in [1.807, 2.05) is 27.7 Å². The summed E-state index contributed by atoms with van der Waals surface area (Å²) in [5.41, 5.74) is 0. The summed E-state index contributed by atoms with van der Waals surface area (Å²) in [6, 6.07) is 0. The first-order valence-electron chi connectivity index (χ1n) is 12.0. The number of ether oxygens (including phenoxy) is 1. The van der Waals surface area contributed by atoms with E-state index in [4.69, 9.17) is 0 Å². The number of ketones is 2. The molecular formula is C24H44O10Zr2. The summed E-state index contributed by atoms with van der Waals surface area (Å²) in [6.45, 7) is 12.2. The fraction of sp³-hybridized carbons (Fsp3) is 0.792. The van der Waals surface area contributed by atoms with Crippen molar-refractivity contribution in [3.8, 4) is 0 Å². The SMILES string of the molecule is CCCCOOC(=O)CC(=O)CCC.CCCCOOC(=O)CC(=O)CCC.CCOC(C)=O.[Zr].[Zr]. The first kappa shape index (κ1) is 45.4. The molecule has 0 radical (unpaired) electrons. The molecule has 0 bridgehead atoms. The van der Waals surface area contributed by atoms with Gasteiger partial charge in [-0.05, 0) is 32.6 Å². The minimum atomic E-state index is -0.598. The van der Waals surface area contributed by atoms with E-state index < -0.39 is 11.9 Å². The molecule has 0 aliphatic rings. The smallest absolute Gasteiger partial charge is 0.349 e. The van der Waals surface area contributed by atoms with Crippen LogP contribution in [0.15, 0.2) is 0 Å². The molecule has 0 atom stereocenters. The van der Waals surface area contributed by atoms with Crippen molar-refractivity contribution in [2.45, 2.75) is 106 Å². The van der Waals surface area contributed by atoms with Gasteiger partial charge in [-0.3, -0.25) is 24.2 Å². The third-order valence-corrected chi connectivity index (χ3v) is 3.55. The van der Waals surface area contributed by atoms with Gasteiger partial charge in [0.15, 0.2) is 0 Å². The number of unbranched alkanes of at least 4 members (excludes halogenated alkanes) is 2. The van der Waals surface area contributed by atoms with E-state index in [0.717, 1.165) is 38.5 Å². The van der Waals surface area contributed by atoms with Gasteiger partial charge in [0.2, 0.25) is 0 Å². The van der Waals surface area contributed by atoms with E-state index in [9.17, 15) is 24.0 Å². The van der Waals surface area contributed by atoms with Gasteiger partial charge >= 0.3 is 17.9 Å². The maximum atomic E-state index is 11.0. The Morgan fingerprint density at radius 1 is 0.583 bits per heavy atom. The van der Waals surface area contributed by atoms with Gasteiger partial charge in [0.25, 0.3) is 0 Å². The van der Waals surface area contributed by atoms with Crippen LogP contribution in [-0.4, -0.2) is 49.3 Å². The molecule has 0 saturated heterocycles. The van der Waals surface area contributed by atoms with Crippen molar-refractivity contribution in [1.29, 1.82) is 0 Å².